The van der Waals surface area contributed by atoms with Crippen molar-refractivity contribution in [3.8, 4) is 22.3 Å². The maximum atomic E-state index is 2.42. The fourth-order valence-electron chi connectivity index (χ4n) is 8.09. The summed E-state index contributed by atoms with van der Waals surface area (Å²) in [4.78, 5) is 0. The summed E-state index contributed by atoms with van der Waals surface area (Å²) in [5, 5.41) is 18.3. The molecule has 10 aromatic rings. The van der Waals surface area contributed by atoms with E-state index in [0.29, 0.717) is 0 Å². The summed E-state index contributed by atoms with van der Waals surface area (Å²) >= 11 is 0. The molecule has 0 saturated heterocycles. The van der Waals surface area contributed by atoms with E-state index >= 15 is 0 Å². The SMILES string of the molecule is CC(C)(C)c1cc2ccc3ccc(-c4ccc5ccc6c7cc(-c8ccc9ccccc9c8)ccc7ccc6c5c4)c4ccc(c1)c2c34. The molecule has 0 aliphatic carbocycles. The smallest absolute Gasteiger partial charge is 0.00206 e. The first-order valence-corrected chi connectivity index (χ1v) is 17.0. The lowest BCUT2D eigenvalue weighted by molar-refractivity contribution is 0.591. The van der Waals surface area contributed by atoms with Gasteiger partial charge in [0.1, 0.15) is 0 Å². The largest absolute Gasteiger partial charge is 0.0616 e. The topological polar surface area (TPSA) is 0 Å². The Morgan fingerprint density at radius 3 is 1.52 bits per heavy atom. The Balaban J connectivity index is 1.16. The van der Waals surface area contributed by atoms with E-state index in [1.807, 2.05) is 0 Å². The van der Waals surface area contributed by atoms with E-state index in [1.165, 1.54) is 103 Å². The molecule has 48 heavy (non-hydrogen) atoms. The molecule has 0 unspecified atom stereocenters. The van der Waals surface area contributed by atoms with Gasteiger partial charge >= 0.3 is 0 Å². The van der Waals surface area contributed by atoms with Crippen LogP contribution in [0.4, 0.5) is 0 Å². The molecular weight excluding hydrogens is 577 g/mol. The highest BCUT2D eigenvalue weighted by atomic mass is 14.2. The van der Waals surface area contributed by atoms with Crippen molar-refractivity contribution in [1.82, 2.24) is 0 Å². The van der Waals surface area contributed by atoms with Gasteiger partial charge in [-0.3, -0.25) is 0 Å². The van der Waals surface area contributed by atoms with Crippen LogP contribution in [0.5, 0.6) is 0 Å². The second kappa shape index (κ2) is 9.89. The van der Waals surface area contributed by atoms with Gasteiger partial charge in [-0.1, -0.05) is 154 Å². The van der Waals surface area contributed by atoms with E-state index in [2.05, 4.69) is 172 Å². The third-order valence-corrected chi connectivity index (χ3v) is 10.7. The molecule has 0 bridgehead atoms. The minimum absolute atomic E-state index is 0.104. The summed E-state index contributed by atoms with van der Waals surface area (Å²) in [6, 6.07) is 57.2. The Hall–Kier alpha value is -5.72. The highest BCUT2D eigenvalue weighted by Gasteiger charge is 2.18. The van der Waals surface area contributed by atoms with Crippen molar-refractivity contribution < 1.29 is 0 Å². The fourth-order valence-corrected chi connectivity index (χ4v) is 8.09. The van der Waals surface area contributed by atoms with Crippen molar-refractivity contribution in [3.63, 3.8) is 0 Å². The lowest BCUT2D eigenvalue weighted by atomic mass is 9.82. The molecule has 0 nitrogen and oxygen atoms in total. The number of benzene rings is 10. The molecular formula is C48H34. The van der Waals surface area contributed by atoms with Crippen molar-refractivity contribution in [2.24, 2.45) is 0 Å². The van der Waals surface area contributed by atoms with Gasteiger partial charge in [0, 0.05) is 0 Å². The number of hydrogen-bond acceptors (Lipinski definition) is 0. The van der Waals surface area contributed by atoms with Crippen molar-refractivity contribution in [1.29, 1.82) is 0 Å². The van der Waals surface area contributed by atoms with Crippen molar-refractivity contribution >= 4 is 75.4 Å². The quantitative estimate of drug-likeness (QED) is 0.171. The number of hydrogen-bond donors (Lipinski definition) is 0. The highest BCUT2D eigenvalue weighted by Crippen LogP contribution is 2.42. The molecule has 0 atom stereocenters. The Kier molecular flexibility index (Phi) is 5.65. The summed E-state index contributed by atoms with van der Waals surface area (Å²) < 4.78 is 0. The zero-order chi connectivity index (χ0) is 32.1. The van der Waals surface area contributed by atoms with Gasteiger partial charge in [0.25, 0.3) is 0 Å². The molecule has 10 aromatic carbocycles. The Morgan fingerprint density at radius 1 is 0.312 bits per heavy atom. The van der Waals surface area contributed by atoms with Crippen LogP contribution in [-0.2, 0) is 5.41 Å². The average Bonchev–Trinajstić information content (AvgIpc) is 3.12. The second-order valence-electron chi connectivity index (χ2n) is 14.6. The lowest BCUT2D eigenvalue weighted by Gasteiger charge is -2.22. The van der Waals surface area contributed by atoms with Crippen LogP contribution in [-0.4, -0.2) is 0 Å². The third kappa shape index (κ3) is 4.09. The van der Waals surface area contributed by atoms with E-state index in [9.17, 15) is 0 Å². The third-order valence-electron chi connectivity index (χ3n) is 10.7. The minimum Gasteiger partial charge on any atom is -0.0616 e. The zero-order valence-corrected chi connectivity index (χ0v) is 27.4. The van der Waals surface area contributed by atoms with E-state index in [1.54, 1.807) is 0 Å². The number of rotatable bonds is 2. The van der Waals surface area contributed by atoms with Gasteiger partial charge in [-0.25, -0.2) is 0 Å². The van der Waals surface area contributed by atoms with Crippen LogP contribution < -0.4 is 0 Å². The standard InChI is InChI=1S/C48H34/c1-48(2,3)39-25-37-15-11-32-18-20-40(43-23-19-38(26-39)46(37)47(32)43)36-14-10-31-17-21-41-42(45(31)28-36)22-16-30-9-13-35(27-44(30)41)34-12-8-29-6-4-5-7-33(29)24-34/h4-28H,1-3H3. The molecule has 0 aliphatic heterocycles. The molecule has 0 saturated carbocycles. The van der Waals surface area contributed by atoms with Crippen LogP contribution in [0, 0.1) is 0 Å². The van der Waals surface area contributed by atoms with Gasteiger partial charge in [0.05, 0.1) is 0 Å². The summed E-state index contributed by atoms with van der Waals surface area (Å²) in [5.41, 5.74) is 6.53. The molecule has 0 amide bonds. The number of fused-ring (bicyclic) bond motifs is 6. The lowest BCUT2D eigenvalue weighted by Crippen LogP contribution is -2.10. The summed E-state index contributed by atoms with van der Waals surface area (Å²) in [6.45, 7) is 6.90. The van der Waals surface area contributed by atoms with Gasteiger partial charge in [0.15, 0.2) is 0 Å². The van der Waals surface area contributed by atoms with E-state index in [-0.39, 0.29) is 5.41 Å². The molecule has 0 spiro atoms. The molecule has 0 heterocycles. The van der Waals surface area contributed by atoms with Crippen LogP contribution in [0.15, 0.2) is 152 Å². The first-order chi connectivity index (χ1) is 23.4. The molecule has 0 aliphatic rings. The van der Waals surface area contributed by atoms with Gasteiger partial charge in [-0.05, 0) is 127 Å². The first-order valence-electron chi connectivity index (χ1n) is 17.0. The predicted octanol–water partition coefficient (Wildman–Crippen LogP) is 13.8. The van der Waals surface area contributed by atoms with Crippen LogP contribution >= 0.6 is 0 Å². The molecule has 0 N–H and O–H groups in total. The second-order valence-corrected chi connectivity index (χ2v) is 14.6. The average molecular weight is 611 g/mol. The van der Waals surface area contributed by atoms with E-state index in [4.69, 9.17) is 0 Å². The Labute approximate surface area is 280 Å². The molecule has 0 heteroatoms. The molecule has 0 aromatic heterocycles. The zero-order valence-electron chi connectivity index (χ0n) is 27.4. The van der Waals surface area contributed by atoms with Crippen LogP contribution in [0.1, 0.15) is 26.3 Å². The molecule has 10 rings (SSSR count). The van der Waals surface area contributed by atoms with Crippen LogP contribution in [0.2, 0.25) is 0 Å². The first kappa shape index (κ1) is 27.4. The van der Waals surface area contributed by atoms with Gasteiger partial charge in [-0.2, -0.15) is 0 Å². The van der Waals surface area contributed by atoms with Crippen molar-refractivity contribution in [2.75, 3.05) is 0 Å². The maximum Gasteiger partial charge on any atom is -0.00206 e. The van der Waals surface area contributed by atoms with Crippen molar-refractivity contribution in [2.45, 2.75) is 26.2 Å². The predicted molar refractivity (Wildman–Crippen MR) is 210 cm³/mol. The molecule has 0 fully saturated rings. The Morgan fingerprint density at radius 2 is 0.812 bits per heavy atom. The molecule has 226 valence electrons. The van der Waals surface area contributed by atoms with Gasteiger partial charge < -0.3 is 0 Å². The van der Waals surface area contributed by atoms with Crippen molar-refractivity contribution in [3.05, 3.63) is 157 Å². The van der Waals surface area contributed by atoms with E-state index < -0.39 is 0 Å². The Bertz CT molecular complexity index is 2900. The fraction of sp³-hybridized carbons (Fsp3) is 0.0833. The summed E-state index contributed by atoms with van der Waals surface area (Å²) in [5.74, 6) is 0. The maximum absolute atomic E-state index is 2.42. The minimum atomic E-state index is 0.104. The van der Waals surface area contributed by atoms with Gasteiger partial charge in [-0.15, -0.1) is 0 Å². The monoisotopic (exact) mass is 610 g/mol. The highest BCUT2D eigenvalue weighted by molar-refractivity contribution is 6.26. The van der Waals surface area contributed by atoms with Crippen LogP contribution in [0.25, 0.3) is 97.7 Å². The van der Waals surface area contributed by atoms with Crippen LogP contribution in [0.3, 0.4) is 0 Å². The normalized spacial score (nSPS) is 12.5. The summed E-state index contributed by atoms with van der Waals surface area (Å²) in [6.07, 6.45) is 0. The summed E-state index contributed by atoms with van der Waals surface area (Å²) in [7, 11) is 0. The van der Waals surface area contributed by atoms with E-state index in [0.717, 1.165) is 0 Å². The van der Waals surface area contributed by atoms with Gasteiger partial charge in [0.2, 0.25) is 0 Å². The molecule has 0 radical (unpaired) electrons.